The predicted octanol–water partition coefficient (Wildman–Crippen LogP) is 1.73. The Kier molecular flexibility index (Phi) is 3.97. The monoisotopic (exact) mass is 312 g/mol. The van der Waals surface area contributed by atoms with Crippen molar-refractivity contribution in [3.8, 4) is 5.75 Å². The summed E-state index contributed by atoms with van der Waals surface area (Å²) in [7, 11) is 0. The highest BCUT2D eigenvalue weighted by Gasteiger charge is 2.40. The van der Waals surface area contributed by atoms with Crippen LogP contribution in [0.25, 0.3) is 0 Å². The van der Waals surface area contributed by atoms with Gasteiger partial charge in [-0.15, -0.1) is 0 Å². The van der Waals surface area contributed by atoms with E-state index in [1.807, 2.05) is 6.07 Å². The molecule has 1 fully saturated rings. The van der Waals surface area contributed by atoms with Gasteiger partial charge in [-0.1, -0.05) is 6.07 Å². The fourth-order valence-electron chi connectivity index (χ4n) is 2.94. The number of aromatic nitrogens is 1. The average molecular weight is 312 g/mol. The van der Waals surface area contributed by atoms with Gasteiger partial charge in [0, 0.05) is 37.0 Å². The standard InChI is InChI=1S/C17H16N2O4/c20-13-5-3-11(4-6-13)16(21)19-9-14(15(10-19)17(22)23)12-2-1-7-18-8-12/h1-8,14-15,20H,9-10H2,(H,22,23)/t14-,15+/m0/s1. The van der Waals surface area contributed by atoms with Crippen molar-refractivity contribution in [1.29, 1.82) is 0 Å². The molecule has 2 N–H and O–H groups in total. The van der Waals surface area contributed by atoms with Crippen LogP contribution >= 0.6 is 0 Å². The number of phenolic OH excluding ortho intramolecular Hbond substituents is 1. The maximum absolute atomic E-state index is 12.5. The van der Waals surface area contributed by atoms with Crippen LogP contribution in [-0.2, 0) is 4.79 Å². The number of pyridine rings is 1. The zero-order valence-corrected chi connectivity index (χ0v) is 12.3. The summed E-state index contributed by atoms with van der Waals surface area (Å²) in [6.07, 6.45) is 3.28. The van der Waals surface area contributed by atoms with Crippen LogP contribution in [0, 0.1) is 5.92 Å². The van der Waals surface area contributed by atoms with Gasteiger partial charge in [-0.2, -0.15) is 0 Å². The Morgan fingerprint density at radius 1 is 1.13 bits per heavy atom. The lowest BCUT2D eigenvalue weighted by molar-refractivity contribution is -0.141. The molecule has 2 heterocycles. The Bertz CT molecular complexity index is 715. The Morgan fingerprint density at radius 3 is 2.48 bits per heavy atom. The highest BCUT2D eigenvalue weighted by atomic mass is 16.4. The molecule has 118 valence electrons. The number of aliphatic carboxylic acids is 1. The second-order valence-electron chi connectivity index (χ2n) is 5.59. The van der Waals surface area contributed by atoms with Crippen LogP contribution in [0.1, 0.15) is 21.8 Å². The van der Waals surface area contributed by atoms with Gasteiger partial charge in [-0.25, -0.2) is 0 Å². The van der Waals surface area contributed by atoms with E-state index in [0.717, 1.165) is 5.56 Å². The number of hydrogen-bond donors (Lipinski definition) is 2. The molecule has 1 aromatic carbocycles. The molecule has 0 saturated carbocycles. The first-order chi connectivity index (χ1) is 11.1. The van der Waals surface area contributed by atoms with E-state index in [9.17, 15) is 19.8 Å². The van der Waals surface area contributed by atoms with E-state index in [1.165, 1.54) is 24.3 Å². The number of carboxylic acid groups (broad SMARTS) is 1. The fraction of sp³-hybridized carbons (Fsp3) is 0.235. The second kappa shape index (κ2) is 6.08. The maximum atomic E-state index is 12.5. The first-order valence-corrected chi connectivity index (χ1v) is 7.27. The van der Waals surface area contributed by atoms with E-state index in [-0.39, 0.29) is 24.1 Å². The largest absolute Gasteiger partial charge is 0.508 e. The number of carboxylic acids is 1. The third kappa shape index (κ3) is 3.01. The van der Waals surface area contributed by atoms with Crippen LogP contribution in [0.2, 0.25) is 0 Å². The highest BCUT2D eigenvalue weighted by molar-refractivity contribution is 5.95. The summed E-state index contributed by atoms with van der Waals surface area (Å²) >= 11 is 0. The molecule has 6 nitrogen and oxygen atoms in total. The lowest BCUT2D eigenvalue weighted by atomic mass is 9.90. The van der Waals surface area contributed by atoms with E-state index in [2.05, 4.69) is 4.98 Å². The first-order valence-electron chi connectivity index (χ1n) is 7.27. The molecule has 0 spiro atoms. The number of benzene rings is 1. The topological polar surface area (TPSA) is 90.7 Å². The van der Waals surface area contributed by atoms with E-state index < -0.39 is 11.9 Å². The normalized spacial score (nSPS) is 20.4. The van der Waals surface area contributed by atoms with E-state index in [1.54, 1.807) is 23.4 Å². The summed E-state index contributed by atoms with van der Waals surface area (Å²) in [5.74, 6) is -2.00. The lowest BCUT2D eigenvalue weighted by Crippen LogP contribution is -2.29. The molecule has 2 aromatic rings. The molecule has 2 atom stereocenters. The van der Waals surface area contributed by atoms with Crippen LogP contribution in [0.4, 0.5) is 0 Å². The molecule has 1 aliphatic rings. The van der Waals surface area contributed by atoms with Crippen LogP contribution in [-0.4, -0.2) is 45.1 Å². The Labute approximate surface area is 133 Å². The van der Waals surface area contributed by atoms with Gasteiger partial charge in [0.15, 0.2) is 0 Å². The Balaban J connectivity index is 1.84. The van der Waals surface area contributed by atoms with Gasteiger partial charge in [0.05, 0.1) is 5.92 Å². The smallest absolute Gasteiger partial charge is 0.308 e. The molecular weight excluding hydrogens is 296 g/mol. The van der Waals surface area contributed by atoms with Crippen molar-refractivity contribution in [3.05, 3.63) is 59.9 Å². The maximum Gasteiger partial charge on any atom is 0.308 e. The zero-order chi connectivity index (χ0) is 16.4. The number of phenols is 1. The van der Waals surface area contributed by atoms with Crippen molar-refractivity contribution in [2.75, 3.05) is 13.1 Å². The quantitative estimate of drug-likeness (QED) is 0.900. The van der Waals surface area contributed by atoms with Crippen molar-refractivity contribution in [2.45, 2.75) is 5.92 Å². The van der Waals surface area contributed by atoms with Crippen molar-refractivity contribution >= 4 is 11.9 Å². The van der Waals surface area contributed by atoms with Gasteiger partial charge in [0.2, 0.25) is 0 Å². The van der Waals surface area contributed by atoms with Crippen molar-refractivity contribution in [1.82, 2.24) is 9.88 Å². The lowest BCUT2D eigenvalue weighted by Gasteiger charge is -2.16. The number of aromatic hydroxyl groups is 1. The average Bonchev–Trinajstić information content (AvgIpc) is 3.01. The molecule has 1 aliphatic heterocycles. The molecule has 0 unspecified atom stereocenters. The summed E-state index contributed by atoms with van der Waals surface area (Å²) in [6, 6.07) is 9.55. The molecule has 0 bridgehead atoms. The van der Waals surface area contributed by atoms with E-state index >= 15 is 0 Å². The van der Waals surface area contributed by atoms with Gasteiger partial charge in [-0.05, 0) is 35.9 Å². The summed E-state index contributed by atoms with van der Waals surface area (Å²) in [5, 5.41) is 18.8. The number of carbonyl (C=O) groups excluding carboxylic acids is 1. The zero-order valence-electron chi connectivity index (χ0n) is 12.3. The summed E-state index contributed by atoms with van der Waals surface area (Å²) in [6.45, 7) is 0.497. The van der Waals surface area contributed by atoms with Crippen LogP contribution in [0.5, 0.6) is 5.75 Å². The fourth-order valence-corrected chi connectivity index (χ4v) is 2.94. The highest BCUT2D eigenvalue weighted by Crippen LogP contribution is 2.33. The van der Waals surface area contributed by atoms with Gasteiger partial charge in [0.25, 0.3) is 5.91 Å². The summed E-state index contributed by atoms with van der Waals surface area (Å²) in [4.78, 5) is 29.7. The third-order valence-electron chi connectivity index (χ3n) is 4.15. The minimum atomic E-state index is -0.917. The van der Waals surface area contributed by atoms with Gasteiger partial charge >= 0.3 is 5.97 Å². The Hall–Kier alpha value is -2.89. The van der Waals surface area contributed by atoms with Crippen LogP contribution in [0.3, 0.4) is 0 Å². The van der Waals surface area contributed by atoms with Crippen molar-refractivity contribution in [2.24, 2.45) is 5.92 Å². The first kappa shape index (κ1) is 15.0. The van der Waals surface area contributed by atoms with Crippen molar-refractivity contribution in [3.63, 3.8) is 0 Å². The third-order valence-corrected chi connectivity index (χ3v) is 4.15. The SMILES string of the molecule is O=C(O)[C@@H]1CN(C(=O)c2ccc(O)cc2)C[C@H]1c1cccnc1. The number of amides is 1. The minimum absolute atomic E-state index is 0.0830. The number of rotatable bonds is 3. The molecule has 1 saturated heterocycles. The minimum Gasteiger partial charge on any atom is -0.508 e. The summed E-state index contributed by atoms with van der Waals surface area (Å²) in [5.41, 5.74) is 1.25. The van der Waals surface area contributed by atoms with Gasteiger partial charge in [0.1, 0.15) is 5.75 Å². The summed E-state index contributed by atoms with van der Waals surface area (Å²) < 4.78 is 0. The molecule has 6 heteroatoms. The molecular formula is C17H16N2O4. The van der Waals surface area contributed by atoms with Gasteiger partial charge < -0.3 is 15.1 Å². The van der Waals surface area contributed by atoms with Crippen LogP contribution < -0.4 is 0 Å². The van der Waals surface area contributed by atoms with E-state index in [0.29, 0.717) is 12.1 Å². The predicted molar refractivity (Wildman–Crippen MR) is 82.1 cm³/mol. The van der Waals surface area contributed by atoms with Gasteiger partial charge in [-0.3, -0.25) is 14.6 Å². The van der Waals surface area contributed by atoms with Crippen LogP contribution in [0.15, 0.2) is 48.8 Å². The molecule has 0 radical (unpaired) electrons. The number of nitrogens with zero attached hydrogens (tertiary/aromatic N) is 2. The number of hydrogen-bond acceptors (Lipinski definition) is 4. The molecule has 1 amide bonds. The molecule has 23 heavy (non-hydrogen) atoms. The van der Waals surface area contributed by atoms with Crippen molar-refractivity contribution < 1.29 is 19.8 Å². The Morgan fingerprint density at radius 2 is 1.87 bits per heavy atom. The number of carbonyl (C=O) groups is 2. The molecule has 3 rings (SSSR count). The second-order valence-corrected chi connectivity index (χ2v) is 5.59. The number of likely N-dealkylation sites (tertiary alicyclic amines) is 1. The van der Waals surface area contributed by atoms with E-state index in [4.69, 9.17) is 0 Å². The molecule has 1 aromatic heterocycles. The molecule has 0 aliphatic carbocycles.